The van der Waals surface area contributed by atoms with Crippen molar-refractivity contribution in [3.05, 3.63) is 52.6 Å². The number of nitrogens with zero attached hydrogens (tertiary/aromatic N) is 1. The van der Waals surface area contributed by atoms with Crippen LogP contribution in [0.15, 0.2) is 40.3 Å². The number of nitrogens with one attached hydrogen (secondary N) is 1. The molecule has 0 aliphatic rings. The van der Waals surface area contributed by atoms with Crippen LogP contribution in [-0.4, -0.2) is 37.9 Å². The molecule has 0 fully saturated rings. The molecule has 26 heavy (non-hydrogen) atoms. The number of hydrogen-bond acceptors (Lipinski definition) is 7. The lowest BCUT2D eigenvalue weighted by Gasteiger charge is -2.10. The number of sulfonamides is 1. The van der Waals surface area contributed by atoms with E-state index < -0.39 is 21.7 Å². The van der Waals surface area contributed by atoms with E-state index in [0.717, 1.165) is 18.9 Å². The molecule has 0 aliphatic heterocycles. The van der Waals surface area contributed by atoms with Gasteiger partial charge in [0.1, 0.15) is 17.1 Å². The molecule has 0 saturated carbocycles. The molecule has 0 amide bonds. The standard InChI is InChI=1S/C17H18N2O6S/c1-10-4-6-12(7-5-10)26(23,24)19-18-9-13-14(20)8-11(2)15(16(13)21)17(22)25-3/h4-9,19-21H,1-3H3/b18-9+. The maximum Gasteiger partial charge on any atom is 0.341 e. The number of ether oxygens (including phenoxy) is 1. The Morgan fingerprint density at radius 1 is 1.19 bits per heavy atom. The Hall–Kier alpha value is -3.07. The van der Waals surface area contributed by atoms with Gasteiger partial charge in [-0.05, 0) is 37.6 Å². The van der Waals surface area contributed by atoms with E-state index in [1.165, 1.54) is 25.1 Å². The highest BCUT2D eigenvalue weighted by Gasteiger charge is 2.21. The van der Waals surface area contributed by atoms with Crippen molar-refractivity contribution >= 4 is 22.2 Å². The third-order valence-corrected chi connectivity index (χ3v) is 4.84. The number of aromatic hydroxyl groups is 2. The molecule has 0 atom stereocenters. The van der Waals surface area contributed by atoms with Gasteiger partial charge in [-0.2, -0.15) is 13.5 Å². The number of methoxy groups -OCH3 is 1. The summed E-state index contributed by atoms with van der Waals surface area (Å²) in [5.41, 5.74) is 0.831. The fourth-order valence-corrected chi connectivity index (χ4v) is 3.01. The van der Waals surface area contributed by atoms with Crippen LogP contribution >= 0.6 is 0 Å². The zero-order chi connectivity index (χ0) is 19.5. The summed E-state index contributed by atoms with van der Waals surface area (Å²) >= 11 is 0. The fraction of sp³-hybridized carbons (Fsp3) is 0.176. The van der Waals surface area contributed by atoms with Gasteiger partial charge in [-0.25, -0.2) is 9.63 Å². The number of phenolic OH excluding ortho intramolecular Hbond substituents is 2. The van der Waals surface area contributed by atoms with Crippen LogP contribution in [0.25, 0.3) is 0 Å². The van der Waals surface area contributed by atoms with Crippen molar-refractivity contribution in [2.75, 3.05) is 7.11 Å². The Balaban J connectivity index is 2.33. The first kappa shape index (κ1) is 19.3. The summed E-state index contributed by atoms with van der Waals surface area (Å²) in [4.78, 5) is 13.7. The largest absolute Gasteiger partial charge is 0.507 e. The number of esters is 1. The van der Waals surface area contributed by atoms with E-state index in [9.17, 15) is 23.4 Å². The maximum atomic E-state index is 12.2. The van der Waals surface area contributed by atoms with Crippen LogP contribution in [0.4, 0.5) is 0 Å². The van der Waals surface area contributed by atoms with Gasteiger partial charge in [-0.3, -0.25) is 0 Å². The van der Waals surface area contributed by atoms with E-state index in [2.05, 4.69) is 9.84 Å². The molecule has 0 radical (unpaired) electrons. The van der Waals surface area contributed by atoms with Crippen LogP contribution in [0.1, 0.15) is 27.0 Å². The zero-order valence-corrected chi connectivity index (χ0v) is 15.2. The van der Waals surface area contributed by atoms with Crippen molar-refractivity contribution in [1.82, 2.24) is 4.83 Å². The minimum absolute atomic E-state index is 0.00727. The highest BCUT2D eigenvalue weighted by atomic mass is 32.2. The molecule has 0 spiro atoms. The average molecular weight is 378 g/mol. The summed E-state index contributed by atoms with van der Waals surface area (Å²) in [5, 5.41) is 23.7. The molecule has 2 rings (SSSR count). The topological polar surface area (TPSA) is 125 Å². The quantitative estimate of drug-likeness (QED) is 0.414. The minimum atomic E-state index is -3.91. The number of benzene rings is 2. The third kappa shape index (κ3) is 3.94. The zero-order valence-electron chi connectivity index (χ0n) is 14.3. The summed E-state index contributed by atoms with van der Waals surface area (Å²) in [6.45, 7) is 3.33. The van der Waals surface area contributed by atoms with E-state index in [0.29, 0.717) is 5.56 Å². The number of hydrazone groups is 1. The van der Waals surface area contributed by atoms with Gasteiger partial charge in [-0.15, -0.1) is 0 Å². The third-order valence-electron chi connectivity index (χ3n) is 3.60. The lowest BCUT2D eigenvalue weighted by Crippen LogP contribution is -2.18. The first-order valence-electron chi connectivity index (χ1n) is 7.42. The van der Waals surface area contributed by atoms with Crippen LogP contribution in [-0.2, 0) is 14.8 Å². The summed E-state index contributed by atoms with van der Waals surface area (Å²) in [7, 11) is -2.76. The first-order chi connectivity index (χ1) is 12.2. The highest BCUT2D eigenvalue weighted by Crippen LogP contribution is 2.32. The monoisotopic (exact) mass is 378 g/mol. The summed E-state index contributed by atoms with van der Waals surface area (Å²) < 4.78 is 28.9. The molecule has 2 aromatic carbocycles. The van der Waals surface area contributed by atoms with Crippen molar-refractivity contribution < 1.29 is 28.2 Å². The van der Waals surface area contributed by atoms with Crippen LogP contribution in [0.2, 0.25) is 0 Å². The Kier molecular flexibility index (Phi) is 5.51. The number of carbonyl (C=O) groups is 1. The maximum absolute atomic E-state index is 12.2. The van der Waals surface area contributed by atoms with Crippen LogP contribution in [0.5, 0.6) is 11.5 Å². The van der Waals surface area contributed by atoms with Crippen molar-refractivity contribution in [2.24, 2.45) is 5.10 Å². The second-order valence-electron chi connectivity index (χ2n) is 5.51. The summed E-state index contributed by atoms with van der Waals surface area (Å²) in [5.74, 6) is -1.73. The van der Waals surface area contributed by atoms with E-state index >= 15 is 0 Å². The van der Waals surface area contributed by atoms with Gasteiger partial charge < -0.3 is 14.9 Å². The SMILES string of the molecule is COC(=O)c1c(C)cc(O)c(/C=N/NS(=O)(=O)c2ccc(C)cc2)c1O. The Morgan fingerprint density at radius 2 is 1.81 bits per heavy atom. The summed E-state index contributed by atoms with van der Waals surface area (Å²) in [6, 6.07) is 7.35. The van der Waals surface area contributed by atoms with Gasteiger partial charge in [0.25, 0.3) is 10.0 Å². The minimum Gasteiger partial charge on any atom is -0.507 e. The Bertz CT molecular complexity index is 966. The highest BCUT2D eigenvalue weighted by molar-refractivity contribution is 7.89. The van der Waals surface area contributed by atoms with Crippen LogP contribution < -0.4 is 4.83 Å². The van der Waals surface area contributed by atoms with Crippen molar-refractivity contribution in [1.29, 1.82) is 0 Å². The van der Waals surface area contributed by atoms with Crippen LogP contribution in [0.3, 0.4) is 0 Å². The fourth-order valence-electron chi connectivity index (χ4n) is 2.22. The lowest BCUT2D eigenvalue weighted by molar-refractivity contribution is 0.0596. The van der Waals surface area contributed by atoms with Crippen molar-refractivity contribution in [2.45, 2.75) is 18.7 Å². The number of aryl methyl sites for hydroxylation is 2. The van der Waals surface area contributed by atoms with Crippen molar-refractivity contribution in [3.63, 3.8) is 0 Å². The van der Waals surface area contributed by atoms with Gasteiger partial charge in [0.15, 0.2) is 0 Å². The first-order valence-corrected chi connectivity index (χ1v) is 8.91. The predicted octanol–water partition coefficient (Wildman–Crippen LogP) is 1.81. The molecule has 0 aromatic heterocycles. The number of rotatable bonds is 5. The molecule has 3 N–H and O–H groups in total. The Morgan fingerprint density at radius 3 is 2.38 bits per heavy atom. The molecule has 2 aromatic rings. The number of hydrogen-bond donors (Lipinski definition) is 3. The normalized spacial score (nSPS) is 11.5. The van der Waals surface area contributed by atoms with Gasteiger partial charge in [0, 0.05) is 0 Å². The van der Waals surface area contributed by atoms with Gasteiger partial charge in [0.2, 0.25) is 0 Å². The Labute approximate surface area is 150 Å². The van der Waals surface area contributed by atoms with E-state index in [4.69, 9.17) is 0 Å². The molecule has 0 saturated heterocycles. The van der Waals surface area contributed by atoms with E-state index in [1.807, 2.05) is 11.8 Å². The van der Waals surface area contributed by atoms with Gasteiger partial charge >= 0.3 is 5.97 Å². The molecule has 9 heteroatoms. The van der Waals surface area contributed by atoms with Crippen LogP contribution in [0, 0.1) is 13.8 Å². The number of phenols is 2. The van der Waals surface area contributed by atoms with E-state index in [1.54, 1.807) is 12.1 Å². The average Bonchev–Trinajstić information content (AvgIpc) is 2.57. The second-order valence-corrected chi connectivity index (χ2v) is 7.17. The molecular formula is C17H18N2O6S. The van der Waals surface area contributed by atoms with Gasteiger partial charge in [-0.1, -0.05) is 17.7 Å². The second kappa shape index (κ2) is 7.44. The molecule has 0 unspecified atom stereocenters. The molecule has 8 nitrogen and oxygen atoms in total. The molecule has 0 bridgehead atoms. The molecule has 0 aliphatic carbocycles. The lowest BCUT2D eigenvalue weighted by atomic mass is 10.0. The molecule has 138 valence electrons. The van der Waals surface area contributed by atoms with Gasteiger partial charge in [0.05, 0.1) is 23.8 Å². The number of carbonyl (C=O) groups excluding carboxylic acids is 1. The molecular weight excluding hydrogens is 360 g/mol. The van der Waals surface area contributed by atoms with Crippen molar-refractivity contribution in [3.8, 4) is 11.5 Å². The van der Waals surface area contributed by atoms with E-state index in [-0.39, 0.29) is 21.8 Å². The summed E-state index contributed by atoms with van der Waals surface area (Å²) in [6.07, 6.45) is 0.905. The smallest absolute Gasteiger partial charge is 0.341 e. The molecule has 0 heterocycles. The predicted molar refractivity (Wildman–Crippen MR) is 94.9 cm³/mol.